The number of benzene rings is 2. The van der Waals surface area contributed by atoms with Crippen LogP contribution in [0.15, 0.2) is 46.4 Å². The Labute approximate surface area is 147 Å². The summed E-state index contributed by atoms with van der Waals surface area (Å²) < 4.78 is 15.1. The molecule has 0 radical (unpaired) electrons. The first-order valence-corrected chi connectivity index (χ1v) is 7.86. The molecule has 4 nitrogen and oxygen atoms in total. The summed E-state index contributed by atoms with van der Waals surface area (Å²) >= 11 is 3.28. The number of aryl methyl sites for hydroxylation is 1. The largest absolute Gasteiger partial charge is 0.478 e. The van der Waals surface area contributed by atoms with Gasteiger partial charge in [-0.25, -0.2) is 9.18 Å². The molecule has 24 heavy (non-hydrogen) atoms. The number of rotatable bonds is 4. The first-order valence-electron chi connectivity index (χ1n) is 7.06. The second-order valence-electron chi connectivity index (χ2n) is 5.30. The number of carboxylic acids is 1. The molecule has 0 saturated carbocycles. The monoisotopic (exact) mass is 391 g/mol. The average molecular weight is 392 g/mol. The zero-order valence-electron chi connectivity index (χ0n) is 13.1. The maximum atomic E-state index is 14.3. The van der Waals surface area contributed by atoms with Gasteiger partial charge >= 0.3 is 5.97 Å². The van der Waals surface area contributed by atoms with Gasteiger partial charge in [0.2, 0.25) is 0 Å². The van der Waals surface area contributed by atoms with Gasteiger partial charge in [0.25, 0.3) is 5.91 Å². The summed E-state index contributed by atoms with van der Waals surface area (Å²) in [5.74, 6) is -2.21. The van der Waals surface area contributed by atoms with E-state index in [1.165, 1.54) is 19.1 Å². The lowest BCUT2D eigenvalue weighted by molar-refractivity contribution is -0.132. The zero-order valence-corrected chi connectivity index (χ0v) is 14.6. The van der Waals surface area contributed by atoms with Gasteiger partial charge < -0.3 is 10.4 Å². The lowest BCUT2D eigenvalue weighted by Gasteiger charge is -2.12. The first-order chi connectivity index (χ1) is 11.3. The van der Waals surface area contributed by atoms with Gasteiger partial charge in [-0.1, -0.05) is 15.9 Å². The second kappa shape index (κ2) is 7.40. The van der Waals surface area contributed by atoms with Crippen LogP contribution in [0.3, 0.4) is 0 Å². The summed E-state index contributed by atoms with van der Waals surface area (Å²) in [6.45, 7) is 3.10. The maximum absolute atomic E-state index is 14.3. The van der Waals surface area contributed by atoms with Crippen molar-refractivity contribution >= 4 is 39.6 Å². The quantitative estimate of drug-likeness (QED) is 0.746. The molecule has 0 aromatic heterocycles. The Hall–Kier alpha value is -2.47. The third-order valence-corrected chi connectivity index (χ3v) is 3.85. The van der Waals surface area contributed by atoms with Crippen molar-refractivity contribution in [3.05, 3.63) is 69.0 Å². The minimum absolute atomic E-state index is 0.0409. The molecule has 2 N–H and O–H groups in total. The highest BCUT2D eigenvalue weighted by atomic mass is 79.9. The highest BCUT2D eigenvalue weighted by Crippen LogP contribution is 2.25. The molecular formula is C18H15BrFNO3. The Balaban J connectivity index is 2.42. The lowest BCUT2D eigenvalue weighted by atomic mass is 10.1. The van der Waals surface area contributed by atoms with Gasteiger partial charge in [0.05, 0.1) is 5.69 Å². The van der Waals surface area contributed by atoms with Gasteiger partial charge in [0.15, 0.2) is 0 Å². The van der Waals surface area contributed by atoms with Crippen LogP contribution < -0.4 is 5.32 Å². The molecule has 0 bridgehead atoms. The van der Waals surface area contributed by atoms with Gasteiger partial charge in [0.1, 0.15) is 5.82 Å². The molecule has 0 spiro atoms. The van der Waals surface area contributed by atoms with E-state index in [9.17, 15) is 14.0 Å². The fourth-order valence-corrected chi connectivity index (χ4v) is 2.36. The predicted molar refractivity (Wildman–Crippen MR) is 94.5 cm³/mol. The summed E-state index contributed by atoms with van der Waals surface area (Å²) in [6.07, 6.45) is 1.33. The van der Waals surface area contributed by atoms with E-state index in [1.54, 1.807) is 37.3 Å². The Bertz CT molecular complexity index is 829. The molecule has 2 aromatic carbocycles. The Morgan fingerprint density at radius 2 is 1.83 bits per heavy atom. The van der Waals surface area contributed by atoms with Crippen LogP contribution in [0, 0.1) is 12.7 Å². The number of anilines is 1. The van der Waals surface area contributed by atoms with Crippen molar-refractivity contribution in [3.8, 4) is 0 Å². The van der Waals surface area contributed by atoms with Crippen molar-refractivity contribution in [2.75, 3.05) is 5.32 Å². The number of carboxylic acid groups (broad SMARTS) is 1. The molecule has 6 heteroatoms. The number of hydrogen-bond donors (Lipinski definition) is 2. The van der Waals surface area contributed by atoms with Gasteiger partial charge in [-0.15, -0.1) is 0 Å². The minimum atomic E-state index is -1.11. The molecule has 0 aliphatic carbocycles. The minimum Gasteiger partial charge on any atom is -0.478 e. The summed E-state index contributed by atoms with van der Waals surface area (Å²) in [5.41, 5.74) is 1.28. The van der Waals surface area contributed by atoms with Crippen LogP contribution in [-0.4, -0.2) is 17.0 Å². The van der Waals surface area contributed by atoms with E-state index in [2.05, 4.69) is 21.2 Å². The van der Waals surface area contributed by atoms with E-state index in [-0.39, 0.29) is 11.3 Å². The van der Waals surface area contributed by atoms with E-state index in [0.717, 1.165) is 4.47 Å². The van der Waals surface area contributed by atoms with Gasteiger partial charge in [-0.05, 0) is 61.9 Å². The normalized spacial score (nSPS) is 11.2. The molecule has 1 amide bonds. The van der Waals surface area contributed by atoms with E-state index in [0.29, 0.717) is 16.7 Å². The molecule has 0 saturated heterocycles. The van der Waals surface area contributed by atoms with E-state index in [1.807, 2.05) is 0 Å². The fourth-order valence-electron chi connectivity index (χ4n) is 2.10. The topological polar surface area (TPSA) is 66.4 Å². The highest BCUT2D eigenvalue weighted by molar-refractivity contribution is 9.10. The fraction of sp³-hybridized carbons (Fsp3) is 0.111. The van der Waals surface area contributed by atoms with E-state index < -0.39 is 17.7 Å². The number of carbonyl (C=O) groups is 2. The standard InChI is InChI=1S/C18H15BrFNO3/c1-10-7-13(9-11(2)18(23)24)16(15(20)8-10)21-17(22)12-3-5-14(19)6-4-12/h3-9H,1-2H3,(H,21,22)(H,23,24). The molecule has 0 unspecified atom stereocenters. The second-order valence-corrected chi connectivity index (χ2v) is 6.22. The average Bonchev–Trinajstić information content (AvgIpc) is 2.51. The Kier molecular flexibility index (Phi) is 5.51. The summed E-state index contributed by atoms with van der Waals surface area (Å²) in [7, 11) is 0. The van der Waals surface area contributed by atoms with Gasteiger partial charge in [-0.3, -0.25) is 4.79 Å². The van der Waals surface area contributed by atoms with Crippen LogP contribution in [0.2, 0.25) is 0 Å². The van der Waals surface area contributed by atoms with Crippen molar-refractivity contribution < 1.29 is 19.1 Å². The van der Waals surface area contributed by atoms with Crippen LogP contribution in [0.4, 0.5) is 10.1 Å². The molecule has 2 aromatic rings. The molecular weight excluding hydrogens is 377 g/mol. The third kappa shape index (κ3) is 4.29. The molecule has 0 fully saturated rings. The number of hydrogen-bond acceptors (Lipinski definition) is 2. The first kappa shape index (κ1) is 17.9. The van der Waals surface area contributed by atoms with Crippen LogP contribution in [0.25, 0.3) is 6.08 Å². The number of nitrogens with one attached hydrogen (secondary N) is 1. The number of carbonyl (C=O) groups excluding carboxylic acids is 1. The van der Waals surface area contributed by atoms with Gasteiger partial charge in [0, 0.05) is 21.2 Å². The highest BCUT2D eigenvalue weighted by Gasteiger charge is 2.14. The van der Waals surface area contributed by atoms with Crippen molar-refractivity contribution in [3.63, 3.8) is 0 Å². The van der Waals surface area contributed by atoms with Crippen LogP contribution in [-0.2, 0) is 4.79 Å². The van der Waals surface area contributed by atoms with E-state index in [4.69, 9.17) is 5.11 Å². The predicted octanol–water partition coefficient (Wildman–Crippen LogP) is 4.64. The van der Waals surface area contributed by atoms with Crippen molar-refractivity contribution in [2.45, 2.75) is 13.8 Å². The van der Waals surface area contributed by atoms with Crippen molar-refractivity contribution in [2.24, 2.45) is 0 Å². The van der Waals surface area contributed by atoms with E-state index >= 15 is 0 Å². The smallest absolute Gasteiger partial charge is 0.331 e. The summed E-state index contributed by atoms with van der Waals surface area (Å²) in [5, 5.41) is 11.5. The van der Waals surface area contributed by atoms with Crippen LogP contribution >= 0.6 is 15.9 Å². The number of aliphatic carboxylic acids is 1. The Morgan fingerprint density at radius 1 is 1.21 bits per heavy atom. The van der Waals surface area contributed by atoms with Crippen molar-refractivity contribution in [1.82, 2.24) is 0 Å². The molecule has 124 valence electrons. The van der Waals surface area contributed by atoms with Crippen molar-refractivity contribution in [1.29, 1.82) is 0 Å². The molecule has 0 aliphatic rings. The summed E-state index contributed by atoms with van der Waals surface area (Å²) in [6, 6.07) is 9.51. The third-order valence-electron chi connectivity index (χ3n) is 3.32. The van der Waals surface area contributed by atoms with Crippen LogP contribution in [0.5, 0.6) is 0 Å². The zero-order chi connectivity index (χ0) is 17.9. The van der Waals surface area contributed by atoms with Crippen LogP contribution in [0.1, 0.15) is 28.4 Å². The number of halogens is 2. The molecule has 0 aliphatic heterocycles. The van der Waals surface area contributed by atoms with Gasteiger partial charge in [-0.2, -0.15) is 0 Å². The lowest BCUT2D eigenvalue weighted by Crippen LogP contribution is -2.14. The maximum Gasteiger partial charge on any atom is 0.331 e. The molecule has 0 atom stereocenters. The molecule has 0 heterocycles. The SMILES string of the molecule is CC(=Cc1cc(C)cc(F)c1NC(=O)c1ccc(Br)cc1)C(=O)O. The summed E-state index contributed by atoms with van der Waals surface area (Å²) in [4.78, 5) is 23.3. The molecule has 2 rings (SSSR count). The number of amides is 1. The Morgan fingerprint density at radius 3 is 2.42 bits per heavy atom.